The number of rotatable bonds is 5. The van der Waals surface area contributed by atoms with Gasteiger partial charge in [0.15, 0.2) is 0 Å². The molecule has 1 aromatic rings. The van der Waals surface area contributed by atoms with Crippen molar-refractivity contribution in [2.75, 3.05) is 30.3 Å². The van der Waals surface area contributed by atoms with Gasteiger partial charge in [0, 0.05) is 12.6 Å². The van der Waals surface area contributed by atoms with E-state index in [1.807, 2.05) is 0 Å². The van der Waals surface area contributed by atoms with Crippen LogP contribution in [0.5, 0.6) is 0 Å². The van der Waals surface area contributed by atoms with E-state index in [-0.39, 0.29) is 17.9 Å². The fourth-order valence-corrected chi connectivity index (χ4v) is 2.69. The highest BCUT2D eigenvalue weighted by Crippen LogP contribution is 2.19. The molecule has 8 nitrogen and oxygen atoms in total. The van der Waals surface area contributed by atoms with Crippen LogP contribution in [0.3, 0.4) is 0 Å². The van der Waals surface area contributed by atoms with E-state index in [0.29, 0.717) is 24.7 Å². The highest BCUT2D eigenvalue weighted by atomic mass is 16.6. The van der Waals surface area contributed by atoms with Crippen LogP contribution in [0.2, 0.25) is 0 Å². The molecular formula is C18H28N4O4. The molecule has 26 heavy (non-hydrogen) atoms. The summed E-state index contributed by atoms with van der Waals surface area (Å²) in [5, 5.41) is 9.15. The van der Waals surface area contributed by atoms with Crippen molar-refractivity contribution in [1.29, 1.82) is 0 Å². The van der Waals surface area contributed by atoms with Crippen molar-refractivity contribution >= 4 is 23.6 Å². The standard InChI is InChI=1S/C18H28N4O4/c1-5-25-16(23)13-11-19-9-8-14(13)22-15-7-6-12(10-20-15)21-17(24)26-18(2,3)4/h6-7,10,13-14,19H,5,8-9,11H2,1-4H3,(H,20,22)(H,21,24)/t13-,14+/m1/s1. The normalized spacial score (nSPS) is 20.2. The highest BCUT2D eigenvalue weighted by molar-refractivity contribution is 5.84. The van der Waals surface area contributed by atoms with Crippen LogP contribution >= 0.6 is 0 Å². The molecule has 2 atom stereocenters. The van der Waals surface area contributed by atoms with Gasteiger partial charge in [-0.05, 0) is 52.8 Å². The second-order valence-electron chi connectivity index (χ2n) is 7.16. The molecule has 2 rings (SSSR count). The van der Waals surface area contributed by atoms with E-state index in [0.717, 1.165) is 13.0 Å². The van der Waals surface area contributed by atoms with Crippen molar-refractivity contribution in [3.05, 3.63) is 18.3 Å². The van der Waals surface area contributed by atoms with Crippen molar-refractivity contribution in [3.63, 3.8) is 0 Å². The van der Waals surface area contributed by atoms with Crippen LogP contribution in [-0.4, -0.2) is 48.4 Å². The average molecular weight is 364 g/mol. The van der Waals surface area contributed by atoms with E-state index in [1.54, 1.807) is 46.0 Å². The Hall–Kier alpha value is -2.35. The number of aromatic nitrogens is 1. The van der Waals surface area contributed by atoms with Crippen LogP contribution < -0.4 is 16.0 Å². The molecule has 0 aromatic carbocycles. The van der Waals surface area contributed by atoms with Crippen molar-refractivity contribution in [2.24, 2.45) is 5.92 Å². The molecule has 2 heterocycles. The van der Waals surface area contributed by atoms with Gasteiger partial charge in [0.05, 0.1) is 24.4 Å². The maximum atomic E-state index is 12.1. The van der Waals surface area contributed by atoms with E-state index in [2.05, 4.69) is 20.9 Å². The molecule has 8 heteroatoms. The van der Waals surface area contributed by atoms with Crippen molar-refractivity contribution in [1.82, 2.24) is 10.3 Å². The van der Waals surface area contributed by atoms with Crippen LogP contribution in [0.1, 0.15) is 34.1 Å². The third kappa shape index (κ3) is 6.18. The number of carbonyl (C=O) groups is 2. The molecule has 144 valence electrons. The maximum absolute atomic E-state index is 12.1. The Kier molecular flexibility index (Phi) is 6.79. The third-order valence-corrected chi connectivity index (χ3v) is 3.81. The number of nitrogens with zero attached hydrogens (tertiary/aromatic N) is 1. The van der Waals surface area contributed by atoms with Gasteiger partial charge < -0.3 is 20.1 Å². The first kappa shape index (κ1) is 20.0. The summed E-state index contributed by atoms with van der Waals surface area (Å²) in [7, 11) is 0. The number of amides is 1. The fourth-order valence-electron chi connectivity index (χ4n) is 2.69. The van der Waals surface area contributed by atoms with Crippen molar-refractivity contribution in [3.8, 4) is 0 Å². The first-order valence-electron chi connectivity index (χ1n) is 8.88. The number of piperidine rings is 1. The zero-order valence-electron chi connectivity index (χ0n) is 15.8. The second kappa shape index (κ2) is 8.84. The average Bonchev–Trinajstić information content (AvgIpc) is 2.55. The molecule has 0 radical (unpaired) electrons. The number of carbonyl (C=O) groups excluding carboxylic acids is 2. The lowest BCUT2D eigenvalue weighted by Crippen LogP contribution is -2.48. The predicted molar refractivity (Wildman–Crippen MR) is 99.1 cm³/mol. The minimum atomic E-state index is -0.559. The first-order valence-corrected chi connectivity index (χ1v) is 8.88. The van der Waals surface area contributed by atoms with Gasteiger partial charge in [-0.1, -0.05) is 0 Å². The molecule has 1 aromatic heterocycles. The van der Waals surface area contributed by atoms with Crippen LogP contribution in [0.4, 0.5) is 16.3 Å². The SMILES string of the molecule is CCOC(=O)[C@@H]1CNCC[C@@H]1Nc1ccc(NC(=O)OC(C)(C)C)cn1. The smallest absolute Gasteiger partial charge is 0.412 e. The molecule has 0 spiro atoms. The minimum Gasteiger partial charge on any atom is -0.466 e. The highest BCUT2D eigenvalue weighted by Gasteiger charge is 2.32. The Morgan fingerprint density at radius 3 is 2.73 bits per heavy atom. The number of esters is 1. The van der Waals surface area contributed by atoms with Gasteiger partial charge in [0.2, 0.25) is 0 Å². The quantitative estimate of drug-likeness (QED) is 0.690. The van der Waals surface area contributed by atoms with Gasteiger partial charge in [0.25, 0.3) is 0 Å². The summed E-state index contributed by atoms with van der Waals surface area (Å²) in [5.74, 6) is 0.173. The molecule has 1 aliphatic rings. The number of nitrogens with one attached hydrogen (secondary N) is 3. The molecule has 1 aliphatic heterocycles. The second-order valence-corrected chi connectivity index (χ2v) is 7.16. The Morgan fingerprint density at radius 1 is 1.35 bits per heavy atom. The number of hydrogen-bond donors (Lipinski definition) is 3. The lowest BCUT2D eigenvalue weighted by molar-refractivity contribution is -0.148. The number of anilines is 2. The molecule has 0 bridgehead atoms. The zero-order chi connectivity index (χ0) is 19.2. The molecule has 1 amide bonds. The Morgan fingerprint density at radius 2 is 2.12 bits per heavy atom. The molecule has 0 aliphatic carbocycles. The topological polar surface area (TPSA) is 102 Å². The van der Waals surface area contributed by atoms with E-state index < -0.39 is 11.7 Å². The largest absolute Gasteiger partial charge is 0.466 e. The molecule has 0 unspecified atom stereocenters. The third-order valence-electron chi connectivity index (χ3n) is 3.81. The summed E-state index contributed by atoms with van der Waals surface area (Å²) in [5.41, 5.74) is -0.0205. The number of ether oxygens (including phenoxy) is 2. The van der Waals surface area contributed by atoms with Gasteiger partial charge in [0.1, 0.15) is 11.4 Å². The lowest BCUT2D eigenvalue weighted by atomic mass is 9.93. The fraction of sp³-hybridized carbons (Fsp3) is 0.611. The molecular weight excluding hydrogens is 336 g/mol. The molecule has 0 saturated carbocycles. The Bertz CT molecular complexity index is 613. The van der Waals surface area contributed by atoms with Crippen LogP contribution in [0.25, 0.3) is 0 Å². The summed E-state index contributed by atoms with van der Waals surface area (Å²) < 4.78 is 10.4. The summed E-state index contributed by atoms with van der Waals surface area (Å²) in [6.07, 6.45) is 1.82. The van der Waals surface area contributed by atoms with E-state index in [4.69, 9.17) is 9.47 Å². The van der Waals surface area contributed by atoms with Crippen molar-refractivity contribution in [2.45, 2.75) is 45.8 Å². The summed E-state index contributed by atoms with van der Waals surface area (Å²) in [6, 6.07) is 3.45. The Labute approximate surface area is 154 Å². The summed E-state index contributed by atoms with van der Waals surface area (Å²) >= 11 is 0. The zero-order valence-corrected chi connectivity index (χ0v) is 15.8. The minimum absolute atomic E-state index is 0.0486. The van der Waals surface area contributed by atoms with Crippen LogP contribution in [0, 0.1) is 5.92 Å². The maximum Gasteiger partial charge on any atom is 0.412 e. The summed E-state index contributed by atoms with van der Waals surface area (Å²) in [4.78, 5) is 28.2. The predicted octanol–water partition coefficient (Wildman–Crippen LogP) is 2.38. The monoisotopic (exact) mass is 364 g/mol. The number of pyridine rings is 1. The van der Waals surface area contributed by atoms with Gasteiger partial charge >= 0.3 is 12.1 Å². The van der Waals surface area contributed by atoms with Gasteiger partial charge in [-0.15, -0.1) is 0 Å². The van der Waals surface area contributed by atoms with Gasteiger partial charge in [-0.2, -0.15) is 0 Å². The number of hydrogen-bond acceptors (Lipinski definition) is 7. The van der Waals surface area contributed by atoms with E-state index in [9.17, 15) is 9.59 Å². The van der Waals surface area contributed by atoms with E-state index >= 15 is 0 Å². The molecule has 1 saturated heterocycles. The molecule has 1 fully saturated rings. The van der Waals surface area contributed by atoms with Gasteiger partial charge in [-0.3, -0.25) is 10.1 Å². The van der Waals surface area contributed by atoms with Crippen LogP contribution in [-0.2, 0) is 14.3 Å². The van der Waals surface area contributed by atoms with Gasteiger partial charge in [-0.25, -0.2) is 9.78 Å². The van der Waals surface area contributed by atoms with Crippen molar-refractivity contribution < 1.29 is 19.1 Å². The first-order chi connectivity index (χ1) is 12.3. The summed E-state index contributed by atoms with van der Waals surface area (Å²) in [6.45, 7) is 8.98. The Balaban J connectivity index is 1.95. The molecule has 3 N–H and O–H groups in total. The van der Waals surface area contributed by atoms with Crippen LogP contribution in [0.15, 0.2) is 18.3 Å². The lowest BCUT2D eigenvalue weighted by Gasteiger charge is -2.31. The van der Waals surface area contributed by atoms with E-state index in [1.165, 1.54) is 0 Å².